The summed E-state index contributed by atoms with van der Waals surface area (Å²) in [6.45, 7) is 4.41. The average molecular weight is 847 g/mol. The Labute approximate surface area is 366 Å². The van der Waals surface area contributed by atoms with Gasteiger partial charge in [-0.2, -0.15) is 0 Å². The van der Waals surface area contributed by atoms with E-state index in [1.807, 2.05) is 0 Å². The Bertz CT molecular complexity index is 1100. The van der Waals surface area contributed by atoms with Crippen LogP contribution in [0.25, 0.3) is 0 Å². The van der Waals surface area contributed by atoms with Crippen molar-refractivity contribution in [3.05, 3.63) is 60.8 Å². The lowest BCUT2D eigenvalue weighted by molar-refractivity contribution is -0.305. The van der Waals surface area contributed by atoms with Gasteiger partial charge in [-0.25, -0.2) is 0 Å². The molecule has 1 saturated heterocycles. The lowest BCUT2D eigenvalue weighted by Gasteiger charge is -2.39. The number of ether oxygens (including phenoxy) is 4. The minimum absolute atomic E-state index is 0.121. The predicted molar refractivity (Wildman–Crippen MR) is 247 cm³/mol. The Morgan fingerprint density at radius 1 is 0.550 bits per heavy atom. The fraction of sp³-hybridized carbons (Fsp3) is 0.784. The van der Waals surface area contributed by atoms with Gasteiger partial charge < -0.3 is 39.4 Å². The molecule has 6 atom stereocenters. The van der Waals surface area contributed by atoms with Crippen LogP contribution in [0.15, 0.2) is 60.8 Å². The zero-order valence-corrected chi connectivity index (χ0v) is 38.2. The summed E-state index contributed by atoms with van der Waals surface area (Å²) in [6, 6.07) is 0. The lowest BCUT2D eigenvalue weighted by Crippen LogP contribution is -2.59. The first-order chi connectivity index (χ1) is 29.4. The van der Waals surface area contributed by atoms with Crippen molar-refractivity contribution in [1.82, 2.24) is 0 Å². The number of allylic oxidation sites excluding steroid dienone is 10. The number of carbonyl (C=O) groups is 1. The minimum Gasteiger partial charge on any atom is -0.457 e. The highest BCUT2D eigenvalue weighted by Gasteiger charge is 2.44. The SMILES string of the molecule is CC/C=C\C/C=C\C/C=C\CCCCCCCCCC(=O)OC(COCCCCCCCCCCCC/C=C\C/C=C\CCCCC)COC1OC(CO)C(O)C(O)C1O. The topological polar surface area (TPSA) is 135 Å². The van der Waals surface area contributed by atoms with E-state index in [1.54, 1.807) is 0 Å². The van der Waals surface area contributed by atoms with Crippen molar-refractivity contribution in [2.75, 3.05) is 26.4 Å². The minimum atomic E-state index is -1.54. The number of unbranched alkanes of at least 4 members (excludes halogenated alkanes) is 20. The van der Waals surface area contributed by atoms with Crippen LogP contribution >= 0.6 is 0 Å². The zero-order chi connectivity index (χ0) is 43.6. The molecule has 0 aromatic heterocycles. The van der Waals surface area contributed by atoms with Crippen LogP contribution in [0.3, 0.4) is 0 Å². The van der Waals surface area contributed by atoms with Crippen molar-refractivity contribution in [3.8, 4) is 0 Å². The van der Waals surface area contributed by atoms with Crippen LogP contribution in [0.5, 0.6) is 0 Å². The largest absolute Gasteiger partial charge is 0.457 e. The first-order valence-electron chi connectivity index (χ1n) is 24.4. The fourth-order valence-corrected chi connectivity index (χ4v) is 7.12. The van der Waals surface area contributed by atoms with Crippen molar-refractivity contribution in [3.63, 3.8) is 0 Å². The molecule has 1 heterocycles. The van der Waals surface area contributed by atoms with E-state index >= 15 is 0 Å². The molecular formula is C51H90O9. The van der Waals surface area contributed by atoms with Crippen LogP contribution < -0.4 is 0 Å². The highest BCUT2D eigenvalue weighted by molar-refractivity contribution is 5.69. The number of carbonyl (C=O) groups excluding carboxylic acids is 1. The molecule has 0 radical (unpaired) electrons. The van der Waals surface area contributed by atoms with Crippen molar-refractivity contribution in [2.45, 2.75) is 230 Å². The number of aliphatic hydroxyl groups is 4. The Hall–Kier alpha value is -2.11. The molecule has 0 aromatic rings. The summed E-state index contributed by atoms with van der Waals surface area (Å²) in [7, 11) is 0. The molecule has 0 amide bonds. The van der Waals surface area contributed by atoms with Crippen molar-refractivity contribution >= 4 is 5.97 Å². The van der Waals surface area contributed by atoms with Gasteiger partial charge >= 0.3 is 5.97 Å². The van der Waals surface area contributed by atoms with Crippen LogP contribution in [0.2, 0.25) is 0 Å². The second-order valence-corrected chi connectivity index (χ2v) is 16.5. The van der Waals surface area contributed by atoms with Crippen LogP contribution in [-0.4, -0.2) is 89.6 Å². The van der Waals surface area contributed by atoms with E-state index in [0.717, 1.165) is 70.6 Å². The molecule has 9 nitrogen and oxygen atoms in total. The highest BCUT2D eigenvalue weighted by atomic mass is 16.7. The molecule has 0 spiro atoms. The molecule has 1 aliphatic heterocycles. The summed E-state index contributed by atoms with van der Waals surface area (Å²) in [5.41, 5.74) is 0. The molecule has 348 valence electrons. The average Bonchev–Trinajstić information content (AvgIpc) is 3.25. The van der Waals surface area contributed by atoms with Gasteiger partial charge in [0, 0.05) is 13.0 Å². The molecule has 4 N–H and O–H groups in total. The Morgan fingerprint density at radius 2 is 1.02 bits per heavy atom. The Kier molecular flexibility index (Phi) is 39.3. The van der Waals surface area contributed by atoms with Gasteiger partial charge in [0.05, 0.1) is 19.8 Å². The monoisotopic (exact) mass is 847 g/mol. The molecular weight excluding hydrogens is 757 g/mol. The van der Waals surface area contributed by atoms with E-state index < -0.39 is 43.4 Å². The van der Waals surface area contributed by atoms with E-state index in [0.29, 0.717) is 13.0 Å². The molecule has 9 heteroatoms. The van der Waals surface area contributed by atoms with E-state index in [1.165, 1.54) is 103 Å². The van der Waals surface area contributed by atoms with Crippen molar-refractivity contribution in [2.24, 2.45) is 0 Å². The van der Waals surface area contributed by atoms with Gasteiger partial charge in [0.25, 0.3) is 0 Å². The summed E-state index contributed by atoms with van der Waals surface area (Å²) in [4.78, 5) is 12.8. The predicted octanol–water partition coefficient (Wildman–Crippen LogP) is 11.5. The van der Waals surface area contributed by atoms with E-state index in [-0.39, 0.29) is 19.2 Å². The summed E-state index contributed by atoms with van der Waals surface area (Å²) >= 11 is 0. The van der Waals surface area contributed by atoms with Gasteiger partial charge in [0.1, 0.15) is 30.5 Å². The van der Waals surface area contributed by atoms with Gasteiger partial charge in [-0.3, -0.25) is 4.79 Å². The summed E-state index contributed by atoms with van der Waals surface area (Å²) in [6.07, 6.45) is 46.7. The van der Waals surface area contributed by atoms with Crippen LogP contribution in [-0.2, 0) is 23.7 Å². The Morgan fingerprint density at radius 3 is 1.53 bits per heavy atom. The van der Waals surface area contributed by atoms with E-state index in [2.05, 4.69) is 74.6 Å². The third kappa shape index (κ3) is 32.6. The molecule has 1 fully saturated rings. The van der Waals surface area contributed by atoms with Crippen molar-refractivity contribution in [1.29, 1.82) is 0 Å². The van der Waals surface area contributed by atoms with E-state index in [9.17, 15) is 25.2 Å². The standard InChI is InChI=1S/C51H90O9/c1-3-5-7-9-11-13-15-17-19-21-22-23-25-27-29-31-33-35-37-39-41-57-43-45(44-58-51-50(56)49(55)48(54)46(42-52)60-51)59-47(53)40-38-36-34-32-30-28-26-24-20-18-16-14-12-10-8-6-4-2/h6,8,11-14,17-20,45-46,48-52,54-56H,3-5,7,9-10,15-16,21-44H2,1-2H3/b8-6-,13-11-,14-12-,19-17-,20-18-. The van der Waals surface area contributed by atoms with Gasteiger partial charge in [-0.05, 0) is 77.0 Å². The Balaban J connectivity index is 2.23. The van der Waals surface area contributed by atoms with Crippen LogP contribution in [0.4, 0.5) is 0 Å². The quantitative estimate of drug-likeness (QED) is 0.0269. The van der Waals surface area contributed by atoms with Gasteiger partial charge in [-0.1, -0.05) is 171 Å². The first-order valence-corrected chi connectivity index (χ1v) is 24.4. The maximum absolute atomic E-state index is 12.8. The summed E-state index contributed by atoms with van der Waals surface area (Å²) in [5.74, 6) is -0.326. The third-order valence-corrected chi connectivity index (χ3v) is 10.9. The summed E-state index contributed by atoms with van der Waals surface area (Å²) in [5, 5.41) is 40.2. The highest BCUT2D eigenvalue weighted by Crippen LogP contribution is 2.22. The zero-order valence-electron chi connectivity index (χ0n) is 38.2. The number of aliphatic hydroxyl groups excluding tert-OH is 4. The van der Waals surface area contributed by atoms with E-state index in [4.69, 9.17) is 18.9 Å². The molecule has 0 saturated carbocycles. The third-order valence-electron chi connectivity index (χ3n) is 10.9. The number of rotatable bonds is 41. The maximum Gasteiger partial charge on any atom is 0.306 e. The number of esters is 1. The maximum atomic E-state index is 12.8. The van der Waals surface area contributed by atoms with Gasteiger partial charge in [0.15, 0.2) is 6.29 Å². The van der Waals surface area contributed by atoms with Crippen LogP contribution in [0.1, 0.15) is 194 Å². The molecule has 60 heavy (non-hydrogen) atoms. The normalized spacial score (nSPS) is 20.5. The number of hydrogen-bond acceptors (Lipinski definition) is 9. The van der Waals surface area contributed by atoms with Crippen molar-refractivity contribution < 1.29 is 44.2 Å². The molecule has 1 rings (SSSR count). The lowest BCUT2D eigenvalue weighted by atomic mass is 9.99. The summed E-state index contributed by atoms with van der Waals surface area (Å²) < 4.78 is 22.9. The second kappa shape index (κ2) is 42.2. The molecule has 1 aliphatic rings. The smallest absolute Gasteiger partial charge is 0.306 e. The molecule has 0 aromatic carbocycles. The van der Waals surface area contributed by atoms with Gasteiger partial charge in [0.2, 0.25) is 0 Å². The van der Waals surface area contributed by atoms with Gasteiger partial charge in [-0.15, -0.1) is 0 Å². The molecule has 6 unspecified atom stereocenters. The second-order valence-electron chi connectivity index (χ2n) is 16.5. The molecule has 0 bridgehead atoms. The first kappa shape index (κ1) is 55.9. The van der Waals surface area contributed by atoms with Crippen LogP contribution in [0, 0.1) is 0 Å². The number of hydrogen-bond donors (Lipinski definition) is 4. The fourth-order valence-electron chi connectivity index (χ4n) is 7.12. The molecule has 0 aliphatic carbocycles.